The molecule has 16 heavy (non-hydrogen) atoms. The first kappa shape index (κ1) is 12.4. The van der Waals surface area contributed by atoms with E-state index in [0.29, 0.717) is 6.04 Å². The molecule has 0 aromatic carbocycles. The van der Waals surface area contributed by atoms with E-state index in [2.05, 4.69) is 12.4 Å². The first-order chi connectivity index (χ1) is 7.90. The summed E-state index contributed by atoms with van der Waals surface area (Å²) in [5, 5.41) is 3.52. The largest absolute Gasteiger partial charge is 0.381 e. The number of rotatable bonds is 5. The van der Waals surface area contributed by atoms with Crippen molar-refractivity contribution in [2.45, 2.75) is 57.4 Å². The molecule has 0 spiro atoms. The molecule has 1 aliphatic heterocycles. The van der Waals surface area contributed by atoms with E-state index in [0.717, 1.165) is 25.0 Å². The van der Waals surface area contributed by atoms with Crippen molar-refractivity contribution in [1.82, 2.24) is 5.32 Å². The third kappa shape index (κ3) is 3.46. The summed E-state index contributed by atoms with van der Waals surface area (Å²) >= 11 is 0. The normalized spacial score (nSPS) is 29.4. The van der Waals surface area contributed by atoms with Crippen molar-refractivity contribution in [3.63, 3.8) is 0 Å². The van der Waals surface area contributed by atoms with Gasteiger partial charge in [0.05, 0.1) is 6.61 Å². The molecule has 1 heterocycles. The van der Waals surface area contributed by atoms with Crippen molar-refractivity contribution in [3.8, 4) is 0 Å². The number of nitrogens with one attached hydrogen (secondary N) is 1. The van der Waals surface area contributed by atoms with Gasteiger partial charge in [-0.3, -0.25) is 0 Å². The fourth-order valence-electron chi connectivity index (χ4n) is 3.41. The SMILES string of the molecule is CNC(CCC1CCCC1)C1CCCOC1. The molecule has 2 fully saturated rings. The Morgan fingerprint density at radius 3 is 2.62 bits per heavy atom. The Balaban J connectivity index is 1.70. The van der Waals surface area contributed by atoms with E-state index < -0.39 is 0 Å². The molecule has 2 rings (SSSR count). The van der Waals surface area contributed by atoms with Crippen molar-refractivity contribution < 1.29 is 4.74 Å². The van der Waals surface area contributed by atoms with Crippen LogP contribution in [0.15, 0.2) is 0 Å². The lowest BCUT2D eigenvalue weighted by molar-refractivity contribution is 0.0382. The number of ether oxygens (including phenoxy) is 1. The van der Waals surface area contributed by atoms with Crippen LogP contribution < -0.4 is 5.32 Å². The van der Waals surface area contributed by atoms with E-state index in [4.69, 9.17) is 4.74 Å². The highest BCUT2D eigenvalue weighted by Gasteiger charge is 2.24. The average molecular weight is 225 g/mol. The topological polar surface area (TPSA) is 21.3 Å². The van der Waals surface area contributed by atoms with Crippen LogP contribution in [-0.4, -0.2) is 26.3 Å². The van der Waals surface area contributed by atoms with E-state index in [1.807, 2.05) is 0 Å². The molecule has 0 aromatic rings. The standard InChI is InChI=1S/C14H27NO/c1-15-14(13-7-4-10-16-11-13)9-8-12-5-2-3-6-12/h12-15H,2-11H2,1H3. The molecule has 0 aromatic heterocycles. The molecule has 0 radical (unpaired) electrons. The molecular formula is C14H27NO. The lowest BCUT2D eigenvalue weighted by atomic mass is 9.88. The monoisotopic (exact) mass is 225 g/mol. The van der Waals surface area contributed by atoms with E-state index in [1.54, 1.807) is 0 Å². The second kappa shape index (κ2) is 6.61. The second-order valence-corrected chi connectivity index (χ2v) is 5.60. The van der Waals surface area contributed by atoms with Crippen molar-refractivity contribution in [1.29, 1.82) is 0 Å². The van der Waals surface area contributed by atoms with Gasteiger partial charge in [0.1, 0.15) is 0 Å². The van der Waals surface area contributed by atoms with Gasteiger partial charge >= 0.3 is 0 Å². The van der Waals surface area contributed by atoms with Gasteiger partial charge in [0.2, 0.25) is 0 Å². The first-order valence-corrected chi connectivity index (χ1v) is 7.15. The third-order valence-corrected chi connectivity index (χ3v) is 4.50. The molecule has 0 bridgehead atoms. The maximum Gasteiger partial charge on any atom is 0.0509 e. The highest BCUT2D eigenvalue weighted by Crippen LogP contribution is 2.30. The molecule has 2 atom stereocenters. The fraction of sp³-hybridized carbons (Fsp3) is 1.00. The molecule has 1 N–H and O–H groups in total. The summed E-state index contributed by atoms with van der Waals surface area (Å²) in [5.41, 5.74) is 0. The van der Waals surface area contributed by atoms with Crippen LogP contribution in [-0.2, 0) is 4.74 Å². The summed E-state index contributed by atoms with van der Waals surface area (Å²) < 4.78 is 5.60. The smallest absolute Gasteiger partial charge is 0.0509 e. The highest BCUT2D eigenvalue weighted by atomic mass is 16.5. The quantitative estimate of drug-likeness (QED) is 0.776. The van der Waals surface area contributed by atoms with Crippen LogP contribution in [0.3, 0.4) is 0 Å². The maximum absolute atomic E-state index is 5.60. The van der Waals surface area contributed by atoms with Crippen molar-refractivity contribution in [3.05, 3.63) is 0 Å². The van der Waals surface area contributed by atoms with E-state index >= 15 is 0 Å². The van der Waals surface area contributed by atoms with Crippen molar-refractivity contribution in [2.24, 2.45) is 11.8 Å². The Morgan fingerprint density at radius 2 is 2.00 bits per heavy atom. The minimum Gasteiger partial charge on any atom is -0.381 e. The zero-order valence-corrected chi connectivity index (χ0v) is 10.7. The molecule has 1 saturated heterocycles. The zero-order chi connectivity index (χ0) is 11.2. The van der Waals surface area contributed by atoms with Gasteiger partial charge in [-0.15, -0.1) is 0 Å². The fourth-order valence-corrected chi connectivity index (χ4v) is 3.41. The lowest BCUT2D eigenvalue weighted by Gasteiger charge is -2.30. The van der Waals surface area contributed by atoms with Gasteiger partial charge in [0, 0.05) is 12.6 Å². The van der Waals surface area contributed by atoms with Gasteiger partial charge in [0.25, 0.3) is 0 Å². The Labute approximate surface area is 100 Å². The Hall–Kier alpha value is -0.0800. The minimum atomic E-state index is 0.695. The van der Waals surface area contributed by atoms with Gasteiger partial charge in [-0.2, -0.15) is 0 Å². The Morgan fingerprint density at radius 1 is 1.19 bits per heavy atom. The summed E-state index contributed by atoms with van der Waals surface area (Å²) in [7, 11) is 2.12. The molecule has 94 valence electrons. The molecule has 2 aliphatic rings. The van der Waals surface area contributed by atoms with Gasteiger partial charge < -0.3 is 10.1 Å². The van der Waals surface area contributed by atoms with Crippen LogP contribution >= 0.6 is 0 Å². The summed E-state index contributed by atoms with van der Waals surface area (Å²) in [6.07, 6.45) is 11.3. The number of hydrogen-bond donors (Lipinski definition) is 1. The average Bonchev–Trinajstić information content (AvgIpc) is 2.84. The molecule has 0 amide bonds. The van der Waals surface area contributed by atoms with Gasteiger partial charge in [-0.25, -0.2) is 0 Å². The van der Waals surface area contributed by atoms with Gasteiger partial charge in [0.15, 0.2) is 0 Å². The van der Waals surface area contributed by atoms with Crippen LogP contribution in [0, 0.1) is 11.8 Å². The third-order valence-electron chi connectivity index (χ3n) is 4.50. The molecule has 1 aliphatic carbocycles. The predicted molar refractivity (Wildman–Crippen MR) is 67.6 cm³/mol. The maximum atomic E-state index is 5.60. The summed E-state index contributed by atoms with van der Waals surface area (Å²) in [6.45, 7) is 1.96. The molecule has 2 unspecified atom stereocenters. The van der Waals surface area contributed by atoms with Crippen molar-refractivity contribution in [2.75, 3.05) is 20.3 Å². The summed E-state index contributed by atoms with van der Waals surface area (Å²) in [4.78, 5) is 0. The molecular weight excluding hydrogens is 198 g/mol. The first-order valence-electron chi connectivity index (χ1n) is 7.15. The predicted octanol–water partition coefficient (Wildman–Crippen LogP) is 2.97. The zero-order valence-electron chi connectivity index (χ0n) is 10.7. The Kier molecular flexibility index (Phi) is 5.11. The second-order valence-electron chi connectivity index (χ2n) is 5.60. The lowest BCUT2D eigenvalue weighted by Crippen LogP contribution is -2.38. The van der Waals surface area contributed by atoms with E-state index in [9.17, 15) is 0 Å². The van der Waals surface area contributed by atoms with Crippen molar-refractivity contribution >= 4 is 0 Å². The van der Waals surface area contributed by atoms with Gasteiger partial charge in [-0.1, -0.05) is 25.7 Å². The number of hydrogen-bond acceptors (Lipinski definition) is 2. The van der Waals surface area contributed by atoms with Gasteiger partial charge in [-0.05, 0) is 44.6 Å². The van der Waals surface area contributed by atoms with E-state index in [1.165, 1.54) is 51.4 Å². The van der Waals surface area contributed by atoms with Crippen LogP contribution in [0.5, 0.6) is 0 Å². The van der Waals surface area contributed by atoms with E-state index in [-0.39, 0.29) is 0 Å². The molecule has 2 heteroatoms. The highest BCUT2D eigenvalue weighted by molar-refractivity contribution is 4.79. The van der Waals surface area contributed by atoms with Crippen LogP contribution in [0.2, 0.25) is 0 Å². The van der Waals surface area contributed by atoms with Crippen LogP contribution in [0.4, 0.5) is 0 Å². The molecule has 2 nitrogen and oxygen atoms in total. The Bertz CT molecular complexity index is 183. The molecule has 1 saturated carbocycles. The summed E-state index contributed by atoms with van der Waals surface area (Å²) in [6, 6.07) is 0.695. The summed E-state index contributed by atoms with van der Waals surface area (Å²) in [5.74, 6) is 1.79. The van der Waals surface area contributed by atoms with Crippen LogP contribution in [0.25, 0.3) is 0 Å². The van der Waals surface area contributed by atoms with Crippen LogP contribution in [0.1, 0.15) is 51.4 Å². The minimum absolute atomic E-state index is 0.695.